The minimum atomic E-state index is -0.694. The zero-order valence-corrected chi connectivity index (χ0v) is 17.2. The van der Waals surface area contributed by atoms with Crippen molar-refractivity contribution in [1.82, 2.24) is 9.97 Å². The zero-order valence-electron chi connectivity index (χ0n) is 17.2. The Balaban J connectivity index is 1.65. The number of nitrogens with two attached hydrogens (primary N) is 1. The summed E-state index contributed by atoms with van der Waals surface area (Å²) in [4.78, 5) is 9.11. The first-order valence-electron chi connectivity index (χ1n) is 10.3. The van der Waals surface area contributed by atoms with Crippen molar-refractivity contribution < 1.29 is 5.11 Å². The maximum Gasteiger partial charge on any atom is 0.149 e. The van der Waals surface area contributed by atoms with E-state index in [0.29, 0.717) is 18.5 Å². The van der Waals surface area contributed by atoms with E-state index in [0.717, 1.165) is 38.9 Å². The van der Waals surface area contributed by atoms with Gasteiger partial charge in [-0.3, -0.25) is 0 Å². The molecule has 0 unspecified atom stereocenters. The number of nitrogens with zero attached hydrogens (tertiary/aromatic N) is 3. The highest BCUT2D eigenvalue weighted by molar-refractivity contribution is 5.93. The number of pyridine rings is 2. The predicted octanol–water partition coefficient (Wildman–Crippen LogP) is 4.53. The molecule has 0 amide bonds. The van der Waals surface area contributed by atoms with Crippen LogP contribution in [0.3, 0.4) is 0 Å². The summed E-state index contributed by atoms with van der Waals surface area (Å²) in [5.41, 5.74) is 11.2. The van der Waals surface area contributed by atoms with Crippen molar-refractivity contribution in [1.29, 1.82) is 5.26 Å². The van der Waals surface area contributed by atoms with Crippen LogP contribution in [0, 0.1) is 11.3 Å². The van der Waals surface area contributed by atoms with Crippen LogP contribution < -0.4 is 5.73 Å². The van der Waals surface area contributed by atoms with Gasteiger partial charge in [0, 0.05) is 28.2 Å². The summed E-state index contributed by atoms with van der Waals surface area (Å²) in [6.07, 6.45) is 2.71. The Kier molecular flexibility index (Phi) is 4.37. The molecule has 2 aromatic carbocycles. The van der Waals surface area contributed by atoms with Crippen LogP contribution in [0.5, 0.6) is 0 Å². The van der Waals surface area contributed by atoms with Gasteiger partial charge in [0.05, 0.1) is 16.8 Å². The van der Waals surface area contributed by atoms with Crippen molar-refractivity contribution in [2.24, 2.45) is 5.73 Å². The second-order valence-electron chi connectivity index (χ2n) is 8.67. The highest BCUT2D eigenvalue weighted by Gasteiger charge is 2.49. The SMILES string of the molecule is C[C@]1(O)C[C@@](N)(c2ccc(-c3nc4ccnc(C#N)c4cc3-c3ccccc3)cc2)C1. The summed E-state index contributed by atoms with van der Waals surface area (Å²) in [5.74, 6) is 0. The normalized spacial score (nSPS) is 22.6. The minimum absolute atomic E-state index is 0.367. The molecule has 5 heteroatoms. The van der Waals surface area contributed by atoms with Gasteiger partial charge in [0.25, 0.3) is 0 Å². The fourth-order valence-electron chi connectivity index (χ4n) is 4.71. The molecule has 4 aromatic rings. The lowest BCUT2D eigenvalue weighted by Gasteiger charge is -2.49. The Morgan fingerprint density at radius 1 is 1.00 bits per heavy atom. The average Bonchev–Trinajstić information content (AvgIpc) is 2.77. The van der Waals surface area contributed by atoms with E-state index < -0.39 is 11.1 Å². The van der Waals surface area contributed by atoms with E-state index in [-0.39, 0.29) is 0 Å². The van der Waals surface area contributed by atoms with Crippen molar-refractivity contribution in [3.63, 3.8) is 0 Å². The van der Waals surface area contributed by atoms with Gasteiger partial charge in [0.15, 0.2) is 0 Å². The van der Waals surface area contributed by atoms with Crippen LogP contribution in [0.25, 0.3) is 33.3 Å². The minimum Gasteiger partial charge on any atom is -0.390 e. The standard InChI is InChI=1S/C26H22N4O/c1-25(31)15-26(28,16-25)19-9-7-18(8-10-19)24-20(17-5-3-2-4-6-17)13-21-22(30-24)11-12-29-23(21)14-27/h2-13,31H,15-16,28H2,1H3/t25-,26-. The monoisotopic (exact) mass is 406 g/mol. The van der Waals surface area contributed by atoms with Crippen LogP contribution in [0.15, 0.2) is 72.9 Å². The van der Waals surface area contributed by atoms with Gasteiger partial charge in [0.2, 0.25) is 0 Å². The van der Waals surface area contributed by atoms with Crippen molar-refractivity contribution in [2.45, 2.75) is 30.9 Å². The fourth-order valence-corrected chi connectivity index (χ4v) is 4.71. The van der Waals surface area contributed by atoms with E-state index >= 15 is 0 Å². The van der Waals surface area contributed by atoms with Crippen LogP contribution in [-0.4, -0.2) is 20.7 Å². The van der Waals surface area contributed by atoms with Gasteiger partial charge in [-0.2, -0.15) is 5.26 Å². The number of rotatable bonds is 3. The number of hydrogen-bond donors (Lipinski definition) is 2. The molecule has 3 N–H and O–H groups in total. The molecular weight excluding hydrogens is 384 g/mol. The van der Waals surface area contributed by atoms with Gasteiger partial charge in [-0.05, 0) is 43.0 Å². The van der Waals surface area contributed by atoms with Crippen LogP contribution in [-0.2, 0) is 5.54 Å². The Bertz CT molecular complexity index is 1310. The summed E-state index contributed by atoms with van der Waals surface area (Å²) in [6.45, 7) is 1.82. The van der Waals surface area contributed by atoms with Crippen molar-refractivity contribution >= 4 is 10.9 Å². The van der Waals surface area contributed by atoms with Crippen molar-refractivity contribution in [3.8, 4) is 28.5 Å². The van der Waals surface area contributed by atoms with Crippen LogP contribution in [0.2, 0.25) is 0 Å². The lowest BCUT2D eigenvalue weighted by molar-refractivity contribution is -0.0738. The average molecular weight is 406 g/mol. The summed E-state index contributed by atoms with van der Waals surface area (Å²) in [6, 6.07) is 24.1. The molecule has 5 nitrogen and oxygen atoms in total. The Morgan fingerprint density at radius 3 is 2.35 bits per heavy atom. The van der Waals surface area contributed by atoms with E-state index in [1.165, 1.54) is 0 Å². The quantitative estimate of drug-likeness (QED) is 0.521. The van der Waals surface area contributed by atoms with Gasteiger partial charge in [-0.25, -0.2) is 9.97 Å². The second kappa shape index (κ2) is 6.98. The van der Waals surface area contributed by atoms with Crippen LogP contribution in [0.1, 0.15) is 31.0 Å². The second-order valence-corrected chi connectivity index (χ2v) is 8.67. The zero-order chi connectivity index (χ0) is 21.6. The van der Waals surface area contributed by atoms with Crippen LogP contribution in [0.4, 0.5) is 0 Å². The molecule has 0 bridgehead atoms. The number of nitriles is 1. The van der Waals surface area contributed by atoms with Gasteiger partial charge >= 0.3 is 0 Å². The molecule has 5 rings (SSSR count). The molecule has 1 fully saturated rings. The highest BCUT2D eigenvalue weighted by atomic mass is 16.3. The van der Waals surface area contributed by atoms with E-state index in [1.807, 2.05) is 73.7 Å². The first-order chi connectivity index (χ1) is 14.9. The molecule has 1 aliphatic carbocycles. The molecule has 1 aliphatic rings. The summed E-state index contributed by atoms with van der Waals surface area (Å²) in [5, 5.41) is 20.4. The van der Waals surface area contributed by atoms with Crippen LogP contribution >= 0.6 is 0 Å². The smallest absolute Gasteiger partial charge is 0.149 e. The van der Waals surface area contributed by atoms with E-state index in [1.54, 1.807) is 6.20 Å². The molecule has 0 radical (unpaired) electrons. The Morgan fingerprint density at radius 2 is 1.71 bits per heavy atom. The lowest BCUT2D eigenvalue weighted by Crippen LogP contribution is -2.58. The summed E-state index contributed by atoms with van der Waals surface area (Å²) < 4.78 is 0. The molecular formula is C26H22N4O. The third-order valence-corrected chi connectivity index (χ3v) is 6.06. The van der Waals surface area contributed by atoms with Gasteiger partial charge in [-0.1, -0.05) is 54.6 Å². The number of benzene rings is 2. The third kappa shape index (κ3) is 3.36. The fraction of sp³-hybridized carbons (Fsp3) is 0.192. The maximum atomic E-state index is 10.1. The predicted molar refractivity (Wildman–Crippen MR) is 121 cm³/mol. The molecule has 0 saturated heterocycles. The van der Waals surface area contributed by atoms with Gasteiger partial charge in [-0.15, -0.1) is 0 Å². The third-order valence-electron chi connectivity index (χ3n) is 6.06. The topological polar surface area (TPSA) is 95.8 Å². The lowest BCUT2D eigenvalue weighted by atomic mass is 9.63. The van der Waals surface area contributed by atoms with E-state index in [2.05, 4.69) is 11.1 Å². The molecule has 0 aliphatic heterocycles. The molecule has 0 atom stereocenters. The van der Waals surface area contributed by atoms with Crippen molar-refractivity contribution in [2.75, 3.05) is 0 Å². The number of fused-ring (bicyclic) bond motifs is 1. The molecule has 31 heavy (non-hydrogen) atoms. The first kappa shape index (κ1) is 19.4. The molecule has 1 saturated carbocycles. The summed E-state index contributed by atoms with van der Waals surface area (Å²) in [7, 11) is 0. The largest absolute Gasteiger partial charge is 0.390 e. The summed E-state index contributed by atoms with van der Waals surface area (Å²) >= 11 is 0. The molecule has 2 aromatic heterocycles. The molecule has 0 spiro atoms. The van der Waals surface area contributed by atoms with E-state index in [9.17, 15) is 10.4 Å². The molecule has 152 valence electrons. The highest BCUT2D eigenvalue weighted by Crippen LogP contribution is 2.46. The first-order valence-corrected chi connectivity index (χ1v) is 10.3. The maximum absolute atomic E-state index is 10.1. The van der Waals surface area contributed by atoms with Gasteiger partial charge < -0.3 is 10.8 Å². The van der Waals surface area contributed by atoms with Gasteiger partial charge in [0.1, 0.15) is 11.8 Å². The number of aliphatic hydroxyl groups is 1. The number of hydrogen-bond acceptors (Lipinski definition) is 5. The Labute approximate surface area is 180 Å². The number of aromatic nitrogens is 2. The van der Waals surface area contributed by atoms with E-state index in [4.69, 9.17) is 10.7 Å². The van der Waals surface area contributed by atoms with Crippen molar-refractivity contribution in [3.05, 3.63) is 84.2 Å². The molecule has 2 heterocycles. The Hall–Kier alpha value is -3.59.